The van der Waals surface area contributed by atoms with Gasteiger partial charge in [0.2, 0.25) is 5.91 Å². The molecule has 0 aliphatic carbocycles. The Morgan fingerprint density at radius 2 is 1.95 bits per heavy atom. The van der Waals surface area contributed by atoms with Crippen LogP contribution in [0.1, 0.15) is 27.0 Å². The Bertz CT molecular complexity index is 651. The highest BCUT2D eigenvalue weighted by Crippen LogP contribution is 2.23. The number of rotatable bonds is 4. The average molecular weight is 270 g/mol. The summed E-state index contributed by atoms with van der Waals surface area (Å²) in [5, 5.41) is 13.2. The lowest BCUT2D eigenvalue weighted by atomic mass is 10.1. The lowest BCUT2D eigenvalue weighted by Crippen LogP contribution is -2.11. The Morgan fingerprint density at radius 1 is 1.20 bits per heavy atom. The van der Waals surface area contributed by atoms with Crippen LogP contribution in [0.4, 0.5) is 5.69 Å². The van der Waals surface area contributed by atoms with Crippen molar-refractivity contribution < 1.29 is 9.90 Å². The van der Waals surface area contributed by atoms with Gasteiger partial charge in [-0.3, -0.25) is 4.79 Å². The zero-order chi connectivity index (χ0) is 14.7. The molecule has 2 aromatic carbocycles. The number of carbonyl (C=O) groups excluding carboxylic acids is 1. The van der Waals surface area contributed by atoms with E-state index < -0.39 is 5.91 Å². The summed E-state index contributed by atoms with van der Waals surface area (Å²) in [5.41, 5.74) is 9.27. The molecule has 2 rings (SSSR count). The predicted octanol–water partition coefficient (Wildman–Crippen LogP) is 2.72. The third kappa shape index (κ3) is 2.91. The first-order valence-electron chi connectivity index (χ1n) is 6.41. The number of primary amides is 1. The van der Waals surface area contributed by atoms with E-state index in [2.05, 4.69) is 5.32 Å². The molecule has 0 heterocycles. The molecule has 4 nitrogen and oxygen atoms in total. The molecule has 0 unspecified atom stereocenters. The number of phenolic OH excluding ortho intramolecular Hbond substituents is 1. The van der Waals surface area contributed by atoms with Gasteiger partial charge in [0.25, 0.3) is 0 Å². The Kier molecular flexibility index (Phi) is 3.94. The molecule has 0 saturated heterocycles. The number of aryl methyl sites for hydroxylation is 2. The van der Waals surface area contributed by atoms with Crippen LogP contribution in [0.2, 0.25) is 0 Å². The van der Waals surface area contributed by atoms with Crippen LogP contribution < -0.4 is 11.1 Å². The molecule has 0 spiro atoms. The first kappa shape index (κ1) is 13.9. The van der Waals surface area contributed by atoms with Gasteiger partial charge in [-0.1, -0.05) is 18.2 Å². The molecular formula is C16H18N2O2. The first-order valence-corrected chi connectivity index (χ1v) is 6.41. The molecule has 104 valence electrons. The maximum Gasteiger partial charge on any atom is 0.248 e. The van der Waals surface area contributed by atoms with Crippen LogP contribution in [0.5, 0.6) is 5.75 Å². The first-order chi connectivity index (χ1) is 9.49. The number of hydrogen-bond acceptors (Lipinski definition) is 3. The summed E-state index contributed by atoms with van der Waals surface area (Å²) in [5.74, 6) is -0.123. The highest BCUT2D eigenvalue weighted by atomic mass is 16.3. The number of nitrogens with two attached hydrogens (primary N) is 1. The van der Waals surface area contributed by atoms with E-state index in [9.17, 15) is 9.90 Å². The zero-order valence-electron chi connectivity index (χ0n) is 11.6. The molecule has 0 bridgehead atoms. The maximum atomic E-state index is 11.1. The molecule has 0 radical (unpaired) electrons. The van der Waals surface area contributed by atoms with Crippen LogP contribution in [-0.4, -0.2) is 11.0 Å². The van der Waals surface area contributed by atoms with Crippen molar-refractivity contribution in [1.29, 1.82) is 0 Å². The molecule has 1 amide bonds. The summed E-state index contributed by atoms with van der Waals surface area (Å²) in [6, 6.07) is 10.9. The van der Waals surface area contributed by atoms with Crippen LogP contribution in [0, 0.1) is 13.8 Å². The van der Waals surface area contributed by atoms with Crippen molar-refractivity contribution in [3.05, 3.63) is 58.7 Å². The summed E-state index contributed by atoms with van der Waals surface area (Å²) >= 11 is 0. The molecule has 0 aromatic heterocycles. The summed E-state index contributed by atoms with van der Waals surface area (Å²) in [7, 11) is 0. The third-order valence-electron chi connectivity index (χ3n) is 3.30. The van der Waals surface area contributed by atoms with Gasteiger partial charge in [-0.25, -0.2) is 0 Å². The van der Waals surface area contributed by atoms with Gasteiger partial charge in [-0.2, -0.15) is 0 Å². The second kappa shape index (κ2) is 5.65. The molecule has 20 heavy (non-hydrogen) atoms. The number of phenols is 1. The molecule has 0 atom stereocenters. The van der Waals surface area contributed by atoms with E-state index in [1.54, 1.807) is 12.1 Å². The van der Waals surface area contributed by atoms with Crippen molar-refractivity contribution in [3.8, 4) is 5.75 Å². The van der Waals surface area contributed by atoms with Crippen LogP contribution >= 0.6 is 0 Å². The molecule has 2 aromatic rings. The van der Waals surface area contributed by atoms with Gasteiger partial charge in [0, 0.05) is 23.4 Å². The van der Waals surface area contributed by atoms with Crippen molar-refractivity contribution >= 4 is 11.6 Å². The number of para-hydroxylation sites is 1. The fourth-order valence-corrected chi connectivity index (χ4v) is 2.07. The van der Waals surface area contributed by atoms with E-state index in [1.165, 1.54) is 0 Å². The van der Waals surface area contributed by atoms with Gasteiger partial charge in [-0.05, 0) is 43.2 Å². The van der Waals surface area contributed by atoms with Crippen molar-refractivity contribution in [2.45, 2.75) is 20.4 Å². The van der Waals surface area contributed by atoms with Crippen molar-refractivity contribution in [2.75, 3.05) is 5.32 Å². The molecule has 4 heteroatoms. The Labute approximate surface area is 118 Å². The van der Waals surface area contributed by atoms with Gasteiger partial charge in [0.15, 0.2) is 0 Å². The Balaban J connectivity index is 2.15. The van der Waals surface area contributed by atoms with E-state index >= 15 is 0 Å². The smallest absolute Gasteiger partial charge is 0.248 e. The SMILES string of the molecule is Cc1cc(C(N)=O)ccc1NCc1cccc(C)c1O. The van der Waals surface area contributed by atoms with Crippen LogP contribution in [0.25, 0.3) is 0 Å². The van der Waals surface area contributed by atoms with Gasteiger partial charge in [0.05, 0.1) is 0 Å². The van der Waals surface area contributed by atoms with Gasteiger partial charge in [0.1, 0.15) is 5.75 Å². The minimum atomic E-state index is -0.434. The molecule has 0 aliphatic heterocycles. The summed E-state index contributed by atoms with van der Waals surface area (Å²) in [6.07, 6.45) is 0. The van der Waals surface area contributed by atoms with E-state index in [-0.39, 0.29) is 0 Å². The lowest BCUT2D eigenvalue weighted by Gasteiger charge is -2.12. The molecule has 0 saturated carbocycles. The quantitative estimate of drug-likeness (QED) is 0.799. The summed E-state index contributed by atoms with van der Waals surface area (Å²) in [6.45, 7) is 4.29. The van der Waals surface area contributed by atoms with Crippen LogP contribution in [0.3, 0.4) is 0 Å². The van der Waals surface area contributed by atoms with E-state index in [4.69, 9.17) is 5.73 Å². The molecular weight excluding hydrogens is 252 g/mol. The third-order valence-corrected chi connectivity index (χ3v) is 3.30. The number of amides is 1. The average Bonchev–Trinajstić information content (AvgIpc) is 2.41. The number of anilines is 1. The van der Waals surface area contributed by atoms with Crippen molar-refractivity contribution in [1.82, 2.24) is 0 Å². The minimum Gasteiger partial charge on any atom is -0.507 e. The van der Waals surface area contributed by atoms with Crippen LogP contribution in [-0.2, 0) is 6.54 Å². The van der Waals surface area contributed by atoms with E-state index in [0.717, 1.165) is 22.4 Å². The number of hydrogen-bond donors (Lipinski definition) is 3. The molecule has 4 N–H and O–H groups in total. The fourth-order valence-electron chi connectivity index (χ4n) is 2.07. The fraction of sp³-hybridized carbons (Fsp3) is 0.188. The Morgan fingerprint density at radius 3 is 2.60 bits per heavy atom. The number of benzene rings is 2. The second-order valence-electron chi connectivity index (χ2n) is 4.83. The van der Waals surface area contributed by atoms with E-state index in [0.29, 0.717) is 17.9 Å². The standard InChI is InChI=1S/C16H18N2O2/c1-10-4-3-5-13(15(10)19)9-18-14-7-6-12(16(17)20)8-11(14)2/h3-8,18-19H,9H2,1-2H3,(H2,17,20). The van der Waals surface area contributed by atoms with Gasteiger partial charge in [-0.15, -0.1) is 0 Å². The Hall–Kier alpha value is -2.49. The predicted molar refractivity (Wildman–Crippen MR) is 79.9 cm³/mol. The van der Waals surface area contributed by atoms with Gasteiger partial charge >= 0.3 is 0 Å². The highest BCUT2D eigenvalue weighted by Gasteiger charge is 2.06. The maximum absolute atomic E-state index is 11.1. The summed E-state index contributed by atoms with van der Waals surface area (Å²) < 4.78 is 0. The zero-order valence-corrected chi connectivity index (χ0v) is 11.6. The van der Waals surface area contributed by atoms with E-state index in [1.807, 2.05) is 38.1 Å². The summed E-state index contributed by atoms with van der Waals surface area (Å²) in [4.78, 5) is 11.1. The second-order valence-corrected chi connectivity index (χ2v) is 4.83. The topological polar surface area (TPSA) is 75.4 Å². The van der Waals surface area contributed by atoms with Crippen LogP contribution in [0.15, 0.2) is 36.4 Å². The number of carbonyl (C=O) groups is 1. The number of nitrogens with one attached hydrogen (secondary N) is 1. The molecule has 0 aliphatic rings. The molecule has 0 fully saturated rings. The van der Waals surface area contributed by atoms with Crippen molar-refractivity contribution in [2.24, 2.45) is 5.73 Å². The monoisotopic (exact) mass is 270 g/mol. The lowest BCUT2D eigenvalue weighted by molar-refractivity contribution is 0.1000. The van der Waals surface area contributed by atoms with Gasteiger partial charge < -0.3 is 16.2 Å². The largest absolute Gasteiger partial charge is 0.507 e. The highest BCUT2D eigenvalue weighted by molar-refractivity contribution is 5.93. The number of aromatic hydroxyl groups is 1. The minimum absolute atomic E-state index is 0.311. The normalized spacial score (nSPS) is 10.3. The van der Waals surface area contributed by atoms with Crippen molar-refractivity contribution in [3.63, 3.8) is 0 Å².